The molecule has 0 saturated carbocycles. The van der Waals surface area contributed by atoms with E-state index in [0.29, 0.717) is 4.90 Å². The monoisotopic (exact) mass is 413 g/mol. The maximum absolute atomic E-state index is 13.2. The number of sulfonamides is 1. The fourth-order valence-corrected chi connectivity index (χ4v) is 5.53. The number of rotatable bonds is 6. The van der Waals surface area contributed by atoms with Crippen molar-refractivity contribution in [1.82, 2.24) is 9.62 Å². The molecule has 6 nitrogen and oxygen atoms in total. The Morgan fingerprint density at radius 1 is 1.03 bits per heavy atom. The Bertz CT molecular complexity index is 1070. The van der Waals surface area contributed by atoms with Crippen LogP contribution in [0.2, 0.25) is 0 Å². The summed E-state index contributed by atoms with van der Waals surface area (Å²) in [6, 6.07) is 15.1. The van der Waals surface area contributed by atoms with Crippen molar-refractivity contribution in [3.63, 3.8) is 0 Å². The van der Waals surface area contributed by atoms with Crippen LogP contribution in [0, 0.1) is 0 Å². The second-order valence-electron chi connectivity index (χ2n) is 7.77. The molecule has 0 spiro atoms. The van der Waals surface area contributed by atoms with Crippen LogP contribution >= 0.6 is 0 Å². The summed E-state index contributed by atoms with van der Waals surface area (Å²) in [6.45, 7) is 2.45. The van der Waals surface area contributed by atoms with Crippen molar-refractivity contribution >= 4 is 26.5 Å². The van der Waals surface area contributed by atoms with E-state index in [2.05, 4.69) is 9.62 Å². The van der Waals surface area contributed by atoms with E-state index in [1.165, 1.54) is 0 Å². The first-order valence-electron chi connectivity index (χ1n) is 9.90. The topological polar surface area (TPSA) is 65.8 Å². The molecule has 0 unspecified atom stereocenters. The lowest BCUT2D eigenvalue weighted by Crippen LogP contribution is -2.44. The van der Waals surface area contributed by atoms with Gasteiger partial charge in [-0.1, -0.05) is 24.3 Å². The molecule has 0 amide bonds. The summed E-state index contributed by atoms with van der Waals surface area (Å²) in [4.78, 5) is 4.64. The number of anilines is 1. The summed E-state index contributed by atoms with van der Waals surface area (Å²) in [5.74, 6) is 0.941. The second kappa shape index (κ2) is 8.18. The van der Waals surface area contributed by atoms with Gasteiger partial charge in [-0.25, -0.2) is 13.1 Å². The fraction of sp³-hybridized carbons (Fsp3) is 0.364. The molecule has 1 aromatic heterocycles. The van der Waals surface area contributed by atoms with Gasteiger partial charge in [0.25, 0.3) is 0 Å². The van der Waals surface area contributed by atoms with E-state index in [9.17, 15) is 8.42 Å². The normalized spacial score (nSPS) is 16.3. The Morgan fingerprint density at radius 2 is 1.76 bits per heavy atom. The Labute approximate surface area is 172 Å². The summed E-state index contributed by atoms with van der Waals surface area (Å²) >= 11 is 0. The van der Waals surface area contributed by atoms with Crippen LogP contribution in [0.15, 0.2) is 64.1 Å². The number of piperidine rings is 1. The minimum Gasteiger partial charge on any atom is -0.468 e. The van der Waals surface area contributed by atoms with Crippen LogP contribution in [0.25, 0.3) is 10.8 Å². The second-order valence-corrected chi connectivity index (χ2v) is 9.46. The largest absolute Gasteiger partial charge is 0.468 e. The molecular weight excluding hydrogens is 386 g/mol. The number of furan rings is 1. The summed E-state index contributed by atoms with van der Waals surface area (Å²) in [5.41, 5.74) is 1.01. The number of hydrogen-bond donors (Lipinski definition) is 1. The van der Waals surface area contributed by atoms with Crippen LogP contribution < -0.4 is 9.62 Å². The van der Waals surface area contributed by atoms with Gasteiger partial charge in [0, 0.05) is 49.7 Å². The van der Waals surface area contributed by atoms with E-state index in [1.54, 1.807) is 12.3 Å². The van der Waals surface area contributed by atoms with Crippen LogP contribution in [0.4, 0.5) is 5.69 Å². The third kappa shape index (κ3) is 4.32. The molecule has 1 aliphatic heterocycles. The van der Waals surface area contributed by atoms with Crippen molar-refractivity contribution in [2.75, 3.05) is 32.1 Å². The summed E-state index contributed by atoms with van der Waals surface area (Å²) in [7, 11) is 0.324. The van der Waals surface area contributed by atoms with Crippen molar-refractivity contribution in [3.05, 3.63) is 60.6 Å². The third-order valence-electron chi connectivity index (χ3n) is 5.50. The minimum absolute atomic E-state index is 0.0554. The minimum atomic E-state index is -3.60. The van der Waals surface area contributed by atoms with E-state index < -0.39 is 10.0 Å². The maximum Gasteiger partial charge on any atom is 0.241 e. The van der Waals surface area contributed by atoms with Crippen molar-refractivity contribution < 1.29 is 12.8 Å². The molecule has 1 aliphatic rings. The molecule has 29 heavy (non-hydrogen) atoms. The van der Waals surface area contributed by atoms with Gasteiger partial charge in [0.1, 0.15) is 5.76 Å². The van der Waals surface area contributed by atoms with Gasteiger partial charge in [-0.05, 0) is 37.1 Å². The molecule has 0 bridgehead atoms. The molecule has 1 N–H and O–H groups in total. The van der Waals surface area contributed by atoms with E-state index in [4.69, 9.17) is 4.42 Å². The highest BCUT2D eigenvalue weighted by Gasteiger charge is 2.26. The molecular formula is C22H27N3O3S. The first kappa shape index (κ1) is 19.9. The highest BCUT2D eigenvalue weighted by atomic mass is 32.2. The van der Waals surface area contributed by atoms with Crippen LogP contribution in [0.3, 0.4) is 0 Å². The Kier molecular flexibility index (Phi) is 5.63. The predicted molar refractivity (Wildman–Crippen MR) is 116 cm³/mol. The van der Waals surface area contributed by atoms with Crippen LogP contribution in [0.1, 0.15) is 18.6 Å². The van der Waals surface area contributed by atoms with Crippen LogP contribution in [-0.4, -0.2) is 46.5 Å². The number of benzene rings is 2. The van der Waals surface area contributed by atoms with E-state index in [0.717, 1.165) is 54.7 Å². The molecule has 1 saturated heterocycles. The van der Waals surface area contributed by atoms with Gasteiger partial charge in [0.15, 0.2) is 0 Å². The molecule has 0 aliphatic carbocycles. The smallest absolute Gasteiger partial charge is 0.241 e. The Hall–Kier alpha value is -2.35. The number of likely N-dealkylation sites (tertiary alicyclic amines) is 1. The highest BCUT2D eigenvalue weighted by molar-refractivity contribution is 7.89. The third-order valence-corrected chi connectivity index (χ3v) is 7.08. The molecule has 1 fully saturated rings. The Morgan fingerprint density at radius 3 is 2.45 bits per heavy atom. The number of fused-ring (bicyclic) bond motifs is 1. The highest BCUT2D eigenvalue weighted by Crippen LogP contribution is 2.30. The van der Waals surface area contributed by atoms with Crippen molar-refractivity contribution in [2.45, 2.75) is 30.3 Å². The van der Waals surface area contributed by atoms with Gasteiger partial charge in [0.05, 0.1) is 17.7 Å². The first-order chi connectivity index (χ1) is 13.9. The molecule has 0 radical (unpaired) electrons. The van der Waals surface area contributed by atoms with Gasteiger partial charge in [-0.3, -0.25) is 4.90 Å². The fourth-order valence-electron chi connectivity index (χ4n) is 4.00. The lowest BCUT2D eigenvalue weighted by Gasteiger charge is -2.31. The zero-order valence-corrected chi connectivity index (χ0v) is 17.7. The van der Waals surface area contributed by atoms with E-state index >= 15 is 0 Å². The van der Waals surface area contributed by atoms with Crippen molar-refractivity contribution in [1.29, 1.82) is 0 Å². The lowest BCUT2D eigenvalue weighted by molar-refractivity contribution is 0.187. The van der Waals surface area contributed by atoms with E-state index in [-0.39, 0.29) is 6.04 Å². The Balaban J connectivity index is 1.49. The van der Waals surface area contributed by atoms with Gasteiger partial charge in [-0.15, -0.1) is 0 Å². The molecule has 2 aromatic carbocycles. The van der Waals surface area contributed by atoms with E-state index in [1.807, 2.05) is 61.5 Å². The molecule has 2 heterocycles. The molecule has 0 atom stereocenters. The van der Waals surface area contributed by atoms with Crippen LogP contribution in [-0.2, 0) is 16.6 Å². The predicted octanol–water partition coefficient (Wildman–Crippen LogP) is 3.44. The lowest BCUT2D eigenvalue weighted by atomic mass is 10.1. The summed E-state index contributed by atoms with van der Waals surface area (Å²) in [5, 5.41) is 1.69. The molecule has 4 rings (SSSR count). The van der Waals surface area contributed by atoms with Gasteiger partial charge >= 0.3 is 0 Å². The SMILES string of the molecule is CN(C)c1cccc2c(S(=O)(=O)NC3CCN(Cc4ccco4)CC3)cccc12. The standard InChI is InChI=1S/C22H27N3O3S/c1-24(2)21-9-3-8-20-19(21)7-4-10-22(20)29(26,27)23-17-11-13-25(14-12-17)16-18-6-5-15-28-18/h3-10,15,17,23H,11-14,16H2,1-2H3. The van der Waals surface area contributed by atoms with Gasteiger partial charge in [0.2, 0.25) is 10.0 Å². The van der Waals surface area contributed by atoms with Gasteiger partial charge < -0.3 is 9.32 Å². The van der Waals surface area contributed by atoms with Crippen molar-refractivity contribution in [2.24, 2.45) is 0 Å². The maximum atomic E-state index is 13.2. The molecule has 7 heteroatoms. The first-order valence-corrected chi connectivity index (χ1v) is 11.4. The van der Waals surface area contributed by atoms with Gasteiger partial charge in [-0.2, -0.15) is 0 Å². The summed E-state index contributed by atoms with van der Waals surface area (Å²) in [6.07, 6.45) is 3.25. The van der Waals surface area contributed by atoms with Crippen molar-refractivity contribution in [3.8, 4) is 0 Å². The molecule has 154 valence electrons. The van der Waals surface area contributed by atoms with Crippen LogP contribution in [0.5, 0.6) is 0 Å². The quantitative estimate of drug-likeness (QED) is 0.671. The average Bonchev–Trinajstić information content (AvgIpc) is 3.21. The zero-order valence-electron chi connectivity index (χ0n) is 16.8. The average molecular weight is 414 g/mol. The number of nitrogens with one attached hydrogen (secondary N) is 1. The molecule has 3 aromatic rings. The number of nitrogens with zero attached hydrogens (tertiary/aromatic N) is 2. The zero-order chi connectivity index (χ0) is 20.4. The summed E-state index contributed by atoms with van der Waals surface area (Å²) < 4.78 is 34.7. The number of hydrogen-bond acceptors (Lipinski definition) is 5.